The van der Waals surface area contributed by atoms with Crippen LogP contribution in [0, 0.1) is 5.82 Å². The van der Waals surface area contributed by atoms with Gasteiger partial charge in [-0.25, -0.2) is 9.37 Å². The first-order valence-corrected chi connectivity index (χ1v) is 9.60. The van der Waals surface area contributed by atoms with Crippen molar-refractivity contribution in [3.63, 3.8) is 0 Å². The van der Waals surface area contributed by atoms with E-state index in [1.54, 1.807) is 19.3 Å². The molecule has 2 N–H and O–H groups in total. The number of rotatable bonds is 6. The molecule has 0 bridgehead atoms. The molecule has 1 aromatic carbocycles. The van der Waals surface area contributed by atoms with Crippen molar-refractivity contribution >= 4 is 11.8 Å². The number of nitrogens with one attached hydrogen (secondary N) is 2. The first-order chi connectivity index (χ1) is 13.5. The third-order valence-corrected chi connectivity index (χ3v) is 4.74. The summed E-state index contributed by atoms with van der Waals surface area (Å²) in [6.45, 7) is 3.09. The zero-order chi connectivity index (χ0) is 19.9. The SMILES string of the molecule is CN=C(NCc1cccc(CN(C)C)c1)NC1CCN(c2ncccc2F)C1. The molecule has 0 saturated carbocycles. The molecule has 7 heteroatoms. The lowest BCUT2D eigenvalue weighted by Crippen LogP contribution is -2.44. The van der Waals surface area contributed by atoms with E-state index in [0.29, 0.717) is 18.9 Å². The van der Waals surface area contributed by atoms with Gasteiger partial charge in [-0.15, -0.1) is 0 Å². The lowest BCUT2D eigenvalue weighted by molar-refractivity contribution is 0.402. The molecule has 1 fully saturated rings. The van der Waals surface area contributed by atoms with Gasteiger partial charge < -0.3 is 20.4 Å². The van der Waals surface area contributed by atoms with Gasteiger partial charge in [0.05, 0.1) is 0 Å². The number of halogens is 1. The molecule has 1 aromatic heterocycles. The Labute approximate surface area is 166 Å². The van der Waals surface area contributed by atoms with E-state index in [-0.39, 0.29) is 11.9 Å². The quantitative estimate of drug-likeness (QED) is 0.591. The van der Waals surface area contributed by atoms with Gasteiger partial charge >= 0.3 is 0 Å². The summed E-state index contributed by atoms with van der Waals surface area (Å²) in [6.07, 6.45) is 2.54. The summed E-state index contributed by atoms with van der Waals surface area (Å²) >= 11 is 0. The molecule has 1 unspecified atom stereocenters. The Morgan fingerprint density at radius 3 is 2.86 bits per heavy atom. The number of nitrogens with zero attached hydrogens (tertiary/aromatic N) is 4. The third-order valence-electron chi connectivity index (χ3n) is 4.74. The summed E-state index contributed by atoms with van der Waals surface area (Å²) in [7, 11) is 5.90. The van der Waals surface area contributed by atoms with Crippen LogP contribution in [0.1, 0.15) is 17.5 Å². The van der Waals surface area contributed by atoms with E-state index >= 15 is 0 Å². The molecule has 1 aliphatic heterocycles. The second-order valence-electron chi connectivity index (χ2n) is 7.37. The van der Waals surface area contributed by atoms with Crippen LogP contribution < -0.4 is 15.5 Å². The van der Waals surface area contributed by atoms with Gasteiger partial charge in [-0.2, -0.15) is 0 Å². The van der Waals surface area contributed by atoms with E-state index in [2.05, 4.69) is 63.9 Å². The van der Waals surface area contributed by atoms with Gasteiger partial charge in [0.2, 0.25) is 0 Å². The first kappa shape index (κ1) is 20.1. The Bertz CT molecular complexity index is 807. The van der Waals surface area contributed by atoms with Crippen LogP contribution in [-0.4, -0.2) is 56.1 Å². The fourth-order valence-corrected chi connectivity index (χ4v) is 3.46. The Balaban J connectivity index is 1.52. The summed E-state index contributed by atoms with van der Waals surface area (Å²) < 4.78 is 14.0. The van der Waals surface area contributed by atoms with E-state index in [1.807, 2.05) is 4.90 Å². The van der Waals surface area contributed by atoms with Crippen molar-refractivity contribution in [1.82, 2.24) is 20.5 Å². The fraction of sp³-hybridized carbons (Fsp3) is 0.429. The van der Waals surface area contributed by atoms with Gasteiger partial charge in [0.25, 0.3) is 0 Å². The van der Waals surface area contributed by atoms with E-state index in [4.69, 9.17) is 0 Å². The monoisotopic (exact) mass is 384 g/mol. The summed E-state index contributed by atoms with van der Waals surface area (Å²) in [5.74, 6) is 0.905. The van der Waals surface area contributed by atoms with Gasteiger partial charge in [0, 0.05) is 45.5 Å². The van der Waals surface area contributed by atoms with Gasteiger partial charge in [-0.05, 0) is 43.8 Å². The minimum atomic E-state index is -0.275. The molecule has 0 amide bonds. The molecule has 6 nitrogen and oxygen atoms in total. The normalized spacial score (nSPS) is 17.2. The van der Waals surface area contributed by atoms with Crippen molar-refractivity contribution < 1.29 is 4.39 Å². The molecule has 1 saturated heterocycles. The maximum Gasteiger partial charge on any atom is 0.191 e. The average molecular weight is 385 g/mol. The second kappa shape index (κ2) is 9.50. The number of pyridine rings is 1. The molecule has 0 spiro atoms. The largest absolute Gasteiger partial charge is 0.352 e. The highest BCUT2D eigenvalue weighted by atomic mass is 19.1. The zero-order valence-corrected chi connectivity index (χ0v) is 16.8. The van der Waals surface area contributed by atoms with Crippen LogP contribution in [0.5, 0.6) is 0 Å². The molecule has 0 aliphatic carbocycles. The van der Waals surface area contributed by atoms with Gasteiger partial charge in [-0.3, -0.25) is 4.99 Å². The first-order valence-electron chi connectivity index (χ1n) is 9.60. The maximum absolute atomic E-state index is 14.0. The smallest absolute Gasteiger partial charge is 0.191 e. The molecular formula is C21H29FN6. The highest BCUT2D eigenvalue weighted by Gasteiger charge is 2.25. The molecule has 3 rings (SSSR count). The number of hydrogen-bond donors (Lipinski definition) is 2. The minimum Gasteiger partial charge on any atom is -0.352 e. The van der Waals surface area contributed by atoms with Crippen molar-refractivity contribution in [3.8, 4) is 0 Å². The second-order valence-corrected chi connectivity index (χ2v) is 7.37. The highest BCUT2D eigenvalue weighted by molar-refractivity contribution is 5.80. The Kier molecular flexibility index (Phi) is 6.81. The lowest BCUT2D eigenvalue weighted by Gasteiger charge is -2.20. The number of guanidine groups is 1. The molecule has 1 atom stereocenters. The summed E-state index contributed by atoms with van der Waals surface area (Å²) in [5, 5.41) is 6.82. The van der Waals surface area contributed by atoms with Crippen LogP contribution in [0.3, 0.4) is 0 Å². The van der Waals surface area contributed by atoms with Crippen LogP contribution in [-0.2, 0) is 13.1 Å². The summed E-state index contributed by atoms with van der Waals surface area (Å²) in [6, 6.07) is 11.8. The van der Waals surface area contributed by atoms with E-state index in [1.165, 1.54) is 17.2 Å². The van der Waals surface area contributed by atoms with Crippen LogP contribution >= 0.6 is 0 Å². The molecule has 28 heavy (non-hydrogen) atoms. The molecular weight excluding hydrogens is 355 g/mol. The van der Waals surface area contributed by atoms with Crippen LogP contribution in [0.25, 0.3) is 0 Å². The molecule has 2 heterocycles. The number of anilines is 1. The Morgan fingerprint density at radius 1 is 1.29 bits per heavy atom. The van der Waals surface area contributed by atoms with Crippen molar-refractivity contribution in [2.45, 2.75) is 25.6 Å². The molecule has 2 aromatic rings. The topological polar surface area (TPSA) is 55.8 Å². The van der Waals surface area contributed by atoms with Gasteiger partial charge in [0.15, 0.2) is 17.6 Å². The van der Waals surface area contributed by atoms with Crippen molar-refractivity contribution in [1.29, 1.82) is 0 Å². The van der Waals surface area contributed by atoms with E-state index < -0.39 is 0 Å². The summed E-state index contributed by atoms with van der Waals surface area (Å²) in [5.41, 5.74) is 2.50. The predicted molar refractivity (Wildman–Crippen MR) is 112 cm³/mol. The number of aromatic nitrogens is 1. The number of aliphatic imine (C=N–C) groups is 1. The number of benzene rings is 1. The molecule has 1 aliphatic rings. The van der Waals surface area contributed by atoms with Gasteiger partial charge in [-0.1, -0.05) is 24.3 Å². The average Bonchev–Trinajstić information content (AvgIpc) is 3.13. The standard InChI is InChI=1S/C21H29FN6/c1-23-21(25-13-16-6-4-7-17(12-16)14-27(2)3)26-18-9-11-28(15-18)20-19(22)8-5-10-24-20/h4-8,10,12,18H,9,11,13-15H2,1-3H3,(H2,23,25,26). The Hall–Kier alpha value is -2.67. The predicted octanol–water partition coefficient (Wildman–Crippen LogP) is 2.23. The Morgan fingerprint density at radius 2 is 2.11 bits per heavy atom. The summed E-state index contributed by atoms with van der Waals surface area (Å²) in [4.78, 5) is 12.6. The lowest BCUT2D eigenvalue weighted by atomic mass is 10.1. The van der Waals surface area contributed by atoms with E-state index in [0.717, 1.165) is 25.5 Å². The van der Waals surface area contributed by atoms with Gasteiger partial charge in [0.1, 0.15) is 0 Å². The fourth-order valence-electron chi connectivity index (χ4n) is 3.46. The molecule has 0 radical (unpaired) electrons. The molecule has 150 valence electrons. The van der Waals surface area contributed by atoms with Crippen molar-refractivity contribution in [3.05, 3.63) is 59.5 Å². The number of hydrogen-bond acceptors (Lipinski definition) is 4. The third kappa shape index (κ3) is 5.42. The maximum atomic E-state index is 14.0. The van der Waals surface area contributed by atoms with Crippen molar-refractivity contribution in [2.75, 3.05) is 39.1 Å². The van der Waals surface area contributed by atoms with E-state index in [9.17, 15) is 4.39 Å². The highest BCUT2D eigenvalue weighted by Crippen LogP contribution is 2.20. The van der Waals surface area contributed by atoms with Crippen LogP contribution in [0.2, 0.25) is 0 Å². The van der Waals surface area contributed by atoms with Crippen LogP contribution in [0.15, 0.2) is 47.6 Å². The minimum absolute atomic E-state index is 0.202. The zero-order valence-electron chi connectivity index (χ0n) is 16.8. The van der Waals surface area contributed by atoms with Crippen molar-refractivity contribution in [2.24, 2.45) is 4.99 Å². The van der Waals surface area contributed by atoms with Crippen LogP contribution in [0.4, 0.5) is 10.2 Å².